The fourth-order valence-corrected chi connectivity index (χ4v) is 2.17. The first-order valence-electron chi connectivity index (χ1n) is 6.78. The number of benzene rings is 1. The highest BCUT2D eigenvalue weighted by Gasteiger charge is 2.24. The number of hydrogen-bond donors (Lipinski definition) is 2. The Labute approximate surface area is 127 Å². The first-order chi connectivity index (χ1) is 10.1. The smallest absolute Gasteiger partial charge is 0.270 e. The average molecular weight is 303 g/mol. The molecule has 1 amide bonds. The highest BCUT2D eigenvalue weighted by atomic mass is 35.5. The van der Waals surface area contributed by atoms with E-state index in [0.29, 0.717) is 22.6 Å². The summed E-state index contributed by atoms with van der Waals surface area (Å²) in [6.07, 6.45) is 3.48. The summed E-state index contributed by atoms with van der Waals surface area (Å²) in [6.45, 7) is 1.95. The predicted molar refractivity (Wildman–Crippen MR) is 82.0 cm³/mol. The van der Waals surface area contributed by atoms with E-state index >= 15 is 0 Å². The van der Waals surface area contributed by atoms with Crippen LogP contribution in [-0.2, 0) is 0 Å². The van der Waals surface area contributed by atoms with E-state index in [1.165, 1.54) is 6.33 Å². The van der Waals surface area contributed by atoms with Crippen LogP contribution in [0.3, 0.4) is 0 Å². The van der Waals surface area contributed by atoms with Crippen molar-refractivity contribution in [1.82, 2.24) is 15.3 Å². The number of nitrogens with zero attached hydrogens (tertiary/aromatic N) is 2. The van der Waals surface area contributed by atoms with Gasteiger partial charge < -0.3 is 10.6 Å². The van der Waals surface area contributed by atoms with Crippen molar-refractivity contribution in [2.24, 2.45) is 0 Å². The number of aromatic nitrogens is 2. The number of carbonyl (C=O) groups is 1. The van der Waals surface area contributed by atoms with E-state index in [0.717, 1.165) is 24.1 Å². The second kappa shape index (κ2) is 5.69. The Morgan fingerprint density at radius 1 is 1.29 bits per heavy atom. The first kappa shape index (κ1) is 13.8. The molecule has 5 nitrogen and oxygen atoms in total. The molecule has 0 aliphatic heterocycles. The van der Waals surface area contributed by atoms with Crippen LogP contribution in [0.4, 0.5) is 11.5 Å². The van der Waals surface area contributed by atoms with Crippen molar-refractivity contribution < 1.29 is 4.79 Å². The van der Waals surface area contributed by atoms with Crippen LogP contribution in [0.25, 0.3) is 0 Å². The molecule has 1 aromatic carbocycles. The van der Waals surface area contributed by atoms with Gasteiger partial charge in [0.25, 0.3) is 5.91 Å². The van der Waals surface area contributed by atoms with Crippen molar-refractivity contribution in [3.63, 3.8) is 0 Å². The molecule has 0 radical (unpaired) electrons. The van der Waals surface area contributed by atoms with Crippen molar-refractivity contribution >= 4 is 29.0 Å². The van der Waals surface area contributed by atoms with Gasteiger partial charge in [0.1, 0.15) is 17.8 Å². The van der Waals surface area contributed by atoms with Gasteiger partial charge in [0.05, 0.1) is 0 Å². The lowest BCUT2D eigenvalue weighted by atomic mass is 10.2. The Kier molecular flexibility index (Phi) is 3.75. The lowest BCUT2D eigenvalue weighted by Crippen LogP contribution is -2.26. The lowest BCUT2D eigenvalue weighted by Gasteiger charge is -2.10. The molecule has 0 atom stereocenters. The normalized spacial score (nSPS) is 13.8. The van der Waals surface area contributed by atoms with Crippen molar-refractivity contribution in [3.05, 3.63) is 46.9 Å². The molecule has 1 aliphatic carbocycles. The Hall–Kier alpha value is -2.14. The fourth-order valence-electron chi connectivity index (χ4n) is 1.94. The van der Waals surface area contributed by atoms with E-state index < -0.39 is 0 Å². The molecule has 0 saturated heterocycles. The molecule has 21 heavy (non-hydrogen) atoms. The number of halogens is 1. The SMILES string of the molecule is Cc1cc(Cl)ccc1Nc1cc(C(=O)NC2CC2)ncn1. The summed E-state index contributed by atoms with van der Waals surface area (Å²) in [5, 5.41) is 6.76. The number of carbonyl (C=O) groups excluding carboxylic acids is 1. The minimum absolute atomic E-state index is 0.157. The van der Waals surface area contributed by atoms with Gasteiger partial charge in [-0.1, -0.05) is 11.6 Å². The zero-order valence-electron chi connectivity index (χ0n) is 11.6. The topological polar surface area (TPSA) is 66.9 Å². The number of nitrogens with one attached hydrogen (secondary N) is 2. The Morgan fingerprint density at radius 3 is 2.81 bits per heavy atom. The van der Waals surface area contributed by atoms with Crippen LogP contribution in [-0.4, -0.2) is 21.9 Å². The van der Waals surface area contributed by atoms with Crippen LogP contribution in [0.15, 0.2) is 30.6 Å². The van der Waals surface area contributed by atoms with Gasteiger partial charge in [-0.2, -0.15) is 0 Å². The largest absolute Gasteiger partial charge is 0.348 e. The van der Waals surface area contributed by atoms with E-state index in [2.05, 4.69) is 20.6 Å². The molecule has 3 rings (SSSR count). The summed E-state index contributed by atoms with van der Waals surface area (Å²) in [7, 11) is 0. The van der Waals surface area contributed by atoms with Crippen molar-refractivity contribution in [2.75, 3.05) is 5.32 Å². The third-order valence-electron chi connectivity index (χ3n) is 3.26. The molecule has 1 saturated carbocycles. The second-order valence-corrected chi connectivity index (χ2v) is 5.56. The predicted octanol–water partition coefficient (Wildman–Crippen LogP) is 3.07. The number of aryl methyl sites for hydroxylation is 1. The number of amides is 1. The molecule has 1 aromatic heterocycles. The molecule has 2 aromatic rings. The van der Waals surface area contributed by atoms with Gasteiger partial charge in [0.2, 0.25) is 0 Å². The average Bonchev–Trinajstić information content (AvgIpc) is 3.26. The van der Waals surface area contributed by atoms with E-state index in [9.17, 15) is 4.79 Å². The molecule has 0 bridgehead atoms. The molecule has 0 unspecified atom stereocenters. The highest BCUT2D eigenvalue weighted by Crippen LogP contribution is 2.23. The monoisotopic (exact) mass is 302 g/mol. The standard InChI is InChI=1S/C15H15ClN4O/c1-9-6-10(16)2-5-12(9)20-14-7-13(17-8-18-14)15(21)19-11-3-4-11/h2,5-8,11H,3-4H2,1H3,(H,19,21)(H,17,18,20). The summed E-state index contributed by atoms with van der Waals surface area (Å²) >= 11 is 5.93. The van der Waals surface area contributed by atoms with Crippen LogP contribution in [0, 0.1) is 6.92 Å². The molecule has 1 aliphatic rings. The van der Waals surface area contributed by atoms with E-state index in [4.69, 9.17) is 11.6 Å². The first-order valence-corrected chi connectivity index (χ1v) is 7.16. The molecule has 1 fully saturated rings. The maximum Gasteiger partial charge on any atom is 0.270 e. The van der Waals surface area contributed by atoms with Gasteiger partial charge in [-0.05, 0) is 43.5 Å². The lowest BCUT2D eigenvalue weighted by molar-refractivity contribution is 0.0946. The van der Waals surface area contributed by atoms with Gasteiger partial charge in [-0.25, -0.2) is 9.97 Å². The molecule has 0 spiro atoms. The van der Waals surface area contributed by atoms with E-state index in [1.54, 1.807) is 12.1 Å². The van der Waals surface area contributed by atoms with Crippen molar-refractivity contribution in [1.29, 1.82) is 0 Å². The zero-order valence-corrected chi connectivity index (χ0v) is 12.3. The zero-order chi connectivity index (χ0) is 14.8. The molecular weight excluding hydrogens is 288 g/mol. The van der Waals surface area contributed by atoms with Crippen LogP contribution < -0.4 is 10.6 Å². The van der Waals surface area contributed by atoms with Crippen LogP contribution in [0.5, 0.6) is 0 Å². The number of rotatable bonds is 4. The van der Waals surface area contributed by atoms with Gasteiger partial charge in [-0.3, -0.25) is 4.79 Å². The van der Waals surface area contributed by atoms with Crippen LogP contribution in [0.2, 0.25) is 5.02 Å². The van der Waals surface area contributed by atoms with E-state index in [1.807, 2.05) is 19.1 Å². The fraction of sp³-hybridized carbons (Fsp3) is 0.267. The van der Waals surface area contributed by atoms with Crippen molar-refractivity contribution in [3.8, 4) is 0 Å². The maximum absolute atomic E-state index is 12.0. The summed E-state index contributed by atoms with van der Waals surface area (Å²) in [6, 6.07) is 7.50. The Balaban J connectivity index is 1.77. The van der Waals surface area contributed by atoms with Gasteiger partial charge in [-0.15, -0.1) is 0 Å². The molecular formula is C15H15ClN4O. The van der Waals surface area contributed by atoms with Crippen LogP contribution >= 0.6 is 11.6 Å². The molecule has 2 N–H and O–H groups in total. The number of anilines is 2. The third-order valence-corrected chi connectivity index (χ3v) is 3.50. The van der Waals surface area contributed by atoms with Crippen LogP contribution in [0.1, 0.15) is 28.9 Å². The van der Waals surface area contributed by atoms with Gasteiger partial charge in [0, 0.05) is 22.8 Å². The van der Waals surface area contributed by atoms with Gasteiger partial charge in [0.15, 0.2) is 0 Å². The minimum atomic E-state index is -0.157. The Morgan fingerprint density at radius 2 is 2.10 bits per heavy atom. The van der Waals surface area contributed by atoms with Gasteiger partial charge >= 0.3 is 0 Å². The molecule has 1 heterocycles. The number of hydrogen-bond acceptors (Lipinski definition) is 4. The summed E-state index contributed by atoms with van der Waals surface area (Å²) in [5.74, 6) is 0.423. The molecule has 6 heteroatoms. The molecule has 108 valence electrons. The summed E-state index contributed by atoms with van der Waals surface area (Å²) in [5.41, 5.74) is 2.27. The van der Waals surface area contributed by atoms with E-state index in [-0.39, 0.29) is 5.91 Å². The Bertz CT molecular complexity index is 685. The second-order valence-electron chi connectivity index (χ2n) is 5.12. The third kappa shape index (κ3) is 3.49. The minimum Gasteiger partial charge on any atom is -0.348 e. The quantitative estimate of drug-likeness (QED) is 0.911. The van der Waals surface area contributed by atoms with Crippen molar-refractivity contribution in [2.45, 2.75) is 25.8 Å². The highest BCUT2D eigenvalue weighted by molar-refractivity contribution is 6.30. The maximum atomic E-state index is 12.0. The summed E-state index contributed by atoms with van der Waals surface area (Å²) in [4.78, 5) is 20.1. The summed E-state index contributed by atoms with van der Waals surface area (Å²) < 4.78 is 0.